The minimum absolute atomic E-state index is 0.0487. The van der Waals surface area contributed by atoms with Crippen molar-refractivity contribution in [2.75, 3.05) is 21.3 Å². The molecule has 2 aromatic heterocycles. The number of nitrogens with zero attached hydrogens (tertiary/aromatic N) is 1. The topological polar surface area (TPSA) is 139 Å². The first-order valence-electron chi connectivity index (χ1n) is 12.1. The van der Waals surface area contributed by atoms with Gasteiger partial charge in [-0.15, -0.1) is 0 Å². The van der Waals surface area contributed by atoms with Crippen molar-refractivity contribution >= 4 is 17.9 Å². The molecule has 0 fully saturated rings. The second kappa shape index (κ2) is 10.9. The summed E-state index contributed by atoms with van der Waals surface area (Å²) in [7, 11) is 4.43. The molecule has 0 saturated carbocycles. The highest BCUT2D eigenvalue weighted by Gasteiger charge is 2.20. The van der Waals surface area contributed by atoms with Gasteiger partial charge in [0.25, 0.3) is 11.1 Å². The number of hydrogen-bond acceptors (Lipinski definition) is 7. The van der Waals surface area contributed by atoms with Gasteiger partial charge in [0.1, 0.15) is 10.7 Å². The second-order valence-corrected chi connectivity index (χ2v) is 9.81. The number of rotatable bonds is 7. The maximum Gasteiger partial charge on any atom is 0.272 e. The third-order valence-electron chi connectivity index (χ3n) is 6.07. The smallest absolute Gasteiger partial charge is 0.272 e. The quantitative estimate of drug-likeness (QED) is 0.311. The highest BCUT2D eigenvalue weighted by Crippen LogP contribution is 2.38. The van der Waals surface area contributed by atoms with Crippen LogP contribution in [-0.4, -0.2) is 47.0 Å². The monoisotopic (exact) mass is 530 g/mol. The summed E-state index contributed by atoms with van der Waals surface area (Å²) in [5.74, 6) is 0.802. The van der Waals surface area contributed by atoms with E-state index >= 15 is 0 Å². The molecule has 0 saturated heterocycles. The Morgan fingerprint density at radius 3 is 2.03 bits per heavy atom. The largest absolute Gasteiger partial charge is 0.493 e. The Hall–Kier alpha value is -4.86. The molecule has 0 aliphatic rings. The molecule has 0 bridgehead atoms. The van der Waals surface area contributed by atoms with Gasteiger partial charge in [-0.05, 0) is 35.9 Å². The Balaban J connectivity index is 1.73. The Kier molecular flexibility index (Phi) is 7.57. The Bertz CT molecular complexity index is 1750. The summed E-state index contributed by atoms with van der Waals surface area (Å²) in [6.07, 6.45) is 4.59. The molecule has 0 spiro atoms. The lowest BCUT2D eigenvalue weighted by Gasteiger charge is -2.16. The molecule has 0 aliphatic carbocycles. The molecule has 0 atom stereocenters. The van der Waals surface area contributed by atoms with Crippen LogP contribution in [0.3, 0.4) is 0 Å². The Morgan fingerprint density at radius 2 is 1.46 bits per heavy atom. The summed E-state index contributed by atoms with van der Waals surface area (Å²) >= 11 is 0. The summed E-state index contributed by atoms with van der Waals surface area (Å²) < 4.78 is 16.0. The minimum Gasteiger partial charge on any atom is -0.493 e. The van der Waals surface area contributed by atoms with Gasteiger partial charge in [-0.3, -0.25) is 14.4 Å². The van der Waals surface area contributed by atoms with E-state index in [0.29, 0.717) is 39.6 Å². The standard InChI is InChI=1S/C29H30N4O6/c1-29(2,3)26-19(30-15-31-26)14-21-28(36)32-20(27(35)33-21)11-16-8-7-9-17(10-16)24(34)18-12-22(37-4)25(39-6)23(13-18)38-5/h7-15H,1-6H3,(H,30,31)(H,32,36)(H,33,35)/b20-11-,21-14-. The fourth-order valence-corrected chi connectivity index (χ4v) is 4.16. The van der Waals surface area contributed by atoms with E-state index in [4.69, 9.17) is 14.2 Å². The average Bonchev–Trinajstić information content (AvgIpc) is 3.39. The minimum atomic E-state index is -0.491. The lowest BCUT2D eigenvalue weighted by molar-refractivity contribution is 0.103. The number of hydrogen-bond donors (Lipinski definition) is 3. The molecule has 3 N–H and O–H groups in total. The highest BCUT2D eigenvalue weighted by molar-refractivity contribution is 6.10. The molecule has 2 heterocycles. The number of aromatic nitrogens is 4. The molecule has 0 amide bonds. The highest BCUT2D eigenvalue weighted by atomic mass is 16.5. The zero-order chi connectivity index (χ0) is 28.3. The van der Waals surface area contributed by atoms with E-state index in [2.05, 4.69) is 19.9 Å². The Morgan fingerprint density at radius 1 is 0.846 bits per heavy atom. The van der Waals surface area contributed by atoms with E-state index in [1.54, 1.807) is 42.7 Å². The van der Waals surface area contributed by atoms with Crippen LogP contribution < -0.4 is 36.0 Å². The third kappa shape index (κ3) is 5.69. The third-order valence-corrected chi connectivity index (χ3v) is 6.07. The van der Waals surface area contributed by atoms with E-state index in [-0.39, 0.29) is 21.9 Å². The van der Waals surface area contributed by atoms with Crippen molar-refractivity contribution in [3.8, 4) is 17.2 Å². The van der Waals surface area contributed by atoms with E-state index < -0.39 is 11.1 Å². The van der Waals surface area contributed by atoms with Gasteiger partial charge in [-0.25, -0.2) is 4.98 Å². The number of ether oxygens (including phenoxy) is 3. The van der Waals surface area contributed by atoms with Gasteiger partial charge in [0, 0.05) is 22.2 Å². The number of carbonyl (C=O) groups excluding carboxylic acids is 1. The van der Waals surface area contributed by atoms with Crippen molar-refractivity contribution in [3.05, 3.63) is 102 Å². The van der Waals surface area contributed by atoms with Gasteiger partial charge in [0.2, 0.25) is 5.75 Å². The maximum absolute atomic E-state index is 13.3. The molecule has 39 heavy (non-hydrogen) atoms. The average molecular weight is 531 g/mol. The molecule has 0 aliphatic heterocycles. The van der Waals surface area contributed by atoms with Crippen LogP contribution in [0.2, 0.25) is 0 Å². The van der Waals surface area contributed by atoms with Crippen LogP contribution in [0.4, 0.5) is 0 Å². The molecule has 0 radical (unpaired) electrons. The van der Waals surface area contributed by atoms with Gasteiger partial charge in [0.05, 0.1) is 33.4 Å². The Labute approximate surface area is 224 Å². The normalized spacial score (nSPS) is 12.5. The first-order valence-corrected chi connectivity index (χ1v) is 12.1. The summed E-state index contributed by atoms with van der Waals surface area (Å²) in [4.78, 5) is 51.6. The molecule has 10 nitrogen and oxygen atoms in total. The fourth-order valence-electron chi connectivity index (χ4n) is 4.16. The molecule has 2 aromatic carbocycles. The zero-order valence-electron chi connectivity index (χ0n) is 22.6. The number of carbonyl (C=O) groups is 1. The molecule has 10 heteroatoms. The fraction of sp³-hybridized carbons (Fsp3) is 0.241. The molecule has 202 valence electrons. The number of ketones is 1. The number of nitrogens with one attached hydrogen (secondary N) is 3. The summed E-state index contributed by atoms with van der Waals surface area (Å²) in [5, 5.41) is 0.133. The second-order valence-electron chi connectivity index (χ2n) is 9.81. The van der Waals surface area contributed by atoms with E-state index in [1.165, 1.54) is 33.5 Å². The van der Waals surface area contributed by atoms with Gasteiger partial charge >= 0.3 is 0 Å². The van der Waals surface area contributed by atoms with Gasteiger partial charge in [-0.2, -0.15) is 0 Å². The number of H-pyrrole nitrogens is 3. The van der Waals surface area contributed by atoms with Crippen molar-refractivity contribution in [3.63, 3.8) is 0 Å². The predicted octanol–water partition coefficient (Wildman–Crippen LogP) is 2.00. The zero-order valence-corrected chi connectivity index (χ0v) is 22.6. The summed E-state index contributed by atoms with van der Waals surface area (Å²) in [6, 6.07) is 9.84. The molecular formula is C29H30N4O6. The summed E-state index contributed by atoms with van der Waals surface area (Å²) in [5.41, 5.74) is 1.46. The summed E-state index contributed by atoms with van der Waals surface area (Å²) in [6.45, 7) is 6.05. The van der Waals surface area contributed by atoms with Crippen LogP contribution in [0.1, 0.15) is 53.6 Å². The van der Waals surface area contributed by atoms with Crippen LogP contribution in [0, 0.1) is 0 Å². The van der Waals surface area contributed by atoms with Crippen LogP contribution in [0.25, 0.3) is 12.2 Å². The van der Waals surface area contributed by atoms with E-state index in [0.717, 1.165) is 5.69 Å². The maximum atomic E-state index is 13.3. The van der Waals surface area contributed by atoms with Crippen LogP contribution in [0.15, 0.2) is 52.3 Å². The number of imidazole rings is 1. The van der Waals surface area contributed by atoms with E-state index in [1.807, 2.05) is 20.8 Å². The van der Waals surface area contributed by atoms with Crippen LogP contribution in [-0.2, 0) is 5.41 Å². The van der Waals surface area contributed by atoms with Crippen molar-refractivity contribution < 1.29 is 19.0 Å². The van der Waals surface area contributed by atoms with Crippen molar-refractivity contribution in [2.24, 2.45) is 0 Å². The van der Waals surface area contributed by atoms with Crippen LogP contribution >= 0.6 is 0 Å². The van der Waals surface area contributed by atoms with Gasteiger partial charge < -0.3 is 29.2 Å². The van der Waals surface area contributed by atoms with Gasteiger partial charge in [0.15, 0.2) is 17.3 Å². The molecular weight excluding hydrogens is 500 g/mol. The number of aromatic amines is 3. The first kappa shape index (κ1) is 27.2. The predicted molar refractivity (Wildman–Crippen MR) is 147 cm³/mol. The molecule has 0 unspecified atom stereocenters. The first-order chi connectivity index (χ1) is 18.5. The van der Waals surface area contributed by atoms with Crippen molar-refractivity contribution in [1.29, 1.82) is 0 Å². The van der Waals surface area contributed by atoms with Gasteiger partial charge in [-0.1, -0.05) is 39.0 Å². The lowest BCUT2D eigenvalue weighted by atomic mass is 9.90. The SMILES string of the molecule is COc1cc(C(=O)c2cccc(/C=c3\[nH]c(=O)/c(=C/c4nc[nH]c4C(C)(C)C)[nH]c3=O)c2)cc(OC)c1OC. The lowest BCUT2D eigenvalue weighted by Crippen LogP contribution is -2.46. The van der Waals surface area contributed by atoms with Crippen LogP contribution in [0.5, 0.6) is 17.2 Å². The molecule has 4 rings (SSSR count). The number of benzene rings is 2. The van der Waals surface area contributed by atoms with Crippen molar-refractivity contribution in [1.82, 2.24) is 19.9 Å². The molecule has 4 aromatic rings. The van der Waals surface area contributed by atoms with E-state index in [9.17, 15) is 14.4 Å². The number of methoxy groups -OCH3 is 3. The van der Waals surface area contributed by atoms with Crippen molar-refractivity contribution in [2.45, 2.75) is 26.2 Å².